The van der Waals surface area contributed by atoms with Crippen LogP contribution in [0, 0.1) is 19.8 Å². The second kappa shape index (κ2) is 6.10. The molecule has 2 unspecified atom stereocenters. The molecule has 0 saturated carbocycles. The lowest BCUT2D eigenvalue weighted by atomic mass is 9.97. The van der Waals surface area contributed by atoms with Crippen LogP contribution < -0.4 is 5.73 Å². The van der Waals surface area contributed by atoms with Gasteiger partial charge in [0.1, 0.15) is 16.5 Å². The third-order valence-corrected chi connectivity index (χ3v) is 5.91. The molecule has 2 atom stereocenters. The van der Waals surface area contributed by atoms with E-state index in [0.29, 0.717) is 11.7 Å². The van der Waals surface area contributed by atoms with Gasteiger partial charge in [-0.1, -0.05) is 0 Å². The van der Waals surface area contributed by atoms with Crippen LogP contribution in [-0.2, 0) is 0 Å². The van der Waals surface area contributed by atoms with E-state index in [9.17, 15) is 5.11 Å². The monoisotopic (exact) mass is 320 g/mol. The normalized spacial score (nSPS) is 21.4. The number of hydrogen-bond donors (Lipinski definition) is 2. The number of aliphatic hydroxyl groups excluding tert-OH is 1. The Labute approximate surface area is 135 Å². The summed E-state index contributed by atoms with van der Waals surface area (Å²) in [5.41, 5.74) is 7.38. The lowest BCUT2D eigenvalue weighted by molar-refractivity contribution is 0.0908. The fourth-order valence-corrected chi connectivity index (χ4v) is 4.29. The van der Waals surface area contributed by atoms with Crippen molar-refractivity contribution < 1.29 is 5.11 Å². The molecule has 1 aliphatic heterocycles. The molecule has 1 aliphatic rings. The van der Waals surface area contributed by atoms with E-state index in [-0.39, 0.29) is 12.6 Å². The number of nitrogens with two attached hydrogens (primary N) is 1. The van der Waals surface area contributed by atoms with Crippen molar-refractivity contribution in [2.24, 2.45) is 5.92 Å². The third-order valence-electron chi connectivity index (χ3n) is 4.80. The molecule has 3 N–H and O–H groups in total. The first kappa shape index (κ1) is 15.6. The maximum Gasteiger partial charge on any atom is 0.149 e. The van der Waals surface area contributed by atoms with Gasteiger partial charge in [0.25, 0.3) is 0 Å². The highest BCUT2D eigenvalue weighted by atomic mass is 32.1. The SMILES string of the molecule is Cc1sc2nc(C(C)N3CCCC(CO)C3)nc(N)c2c1C. The molecule has 5 nitrogen and oxygen atoms in total. The Hall–Kier alpha value is -1.24. The fraction of sp³-hybridized carbons (Fsp3) is 0.625. The molecule has 3 rings (SSSR count). The summed E-state index contributed by atoms with van der Waals surface area (Å²) in [5.74, 6) is 1.75. The van der Waals surface area contributed by atoms with Crippen molar-refractivity contribution in [1.29, 1.82) is 0 Å². The first-order valence-electron chi connectivity index (χ1n) is 7.89. The van der Waals surface area contributed by atoms with E-state index in [1.807, 2.05) is 0 Å². The van der Waals surface area contributed by atoms with Gasteiger partial charge in [0.15, 0.2) is 0 Å². The Kier molecular flexibility index (Phi) is 4.34. The van der Waals surface area contributed by atoms with E-state index in [4.69, 9.17) is 10.7 Å². The Bertz CT molecular complexity index is 684. The summed E-state index contributed by atoms with van der Waals surface area (Å²) in [4.78, 5) is 13.9. The van der Waals surface area contributed by atoms with Crippen molar-refractivity contribution in [1.82, 2.24) is 14.9 Å². The summed E-state index contributed by atoms with van der Waals surface area (Å²) < 4.78 is 0. The highest BCUT2D eigenvalue weighted by Crippen LogP contribution is 2.34. The topological polar surface area (TPSA) is 75.3 Å². The number of nitrogen functional groups attached to an aromatic ring is 1. The molecule has 1 saturated heterocycles. The Balaban J connectivity index is 1.92. The Morgan fingerprint density at radius 3 is 2.91 bits per heavy atom. The number of nitrogens with zero attached hydrogens (tertiary/aromatic N) is 3. The number of anilines is 1. The van der Waals surface area contributed by atoms with E-state index in [0.717, 1.165) is 42.0 Å². The van der Waals surface area contributed by atoms with Gasteiger partial charge in [-0.05, 0) is 51.6 Å². The zero-order valence-electron chi connectivity index (χ0n) is 13.5. The summed E-state index contributed by atoms with van der Waals surface area (Å²) in [5, 5.41) is 10.4. The van der Waals surface area contributed by atoms with Gasteiger partial charge in [-0.2, -0.15) is 0 Å². The number of piperidine rings is 1. The van der Waals surface area contributed by atoms with E-state index in [2.05, 4.69) is 30.7 Å². The first-order chi connectivity index (χ1) is 10.5. The van der Waals surface area contributed by atoms with Crippen molar-refractivity contribution in [3.63, 3.8) is 0 Å². The van der Waals surface area contributed by atoms with Gasteiger partial charge in [0.2, 0.25) is 0 Å². The van der Waals surface area contributed by atoms with Crippen molar-refractivity contribution in [3.8, 4) is 0 Å². The lowest BCUT2D eigenvalue weighted by Crippen LogP contribution is -2.39. The molecule has 0 bridgehead atoms. The van der Waals surface area contributed by atoms with Crippen LogP contribution in [0.3, 0.4) is 0 Å². The minimum absolute atomic E-state index is 0.128. The molecule has 0 amide bonds. The van der Waals surface area contributed by atoms with E-state index in [1.165, 1.54) is 10.4 Å². The zero-order chi connectivity index (χ0) is 15.9. The zero-order valence-corrected chi connectivity index (χ0v) is 14.3. The Morgan fingerprint density at radius 2 is 2.18 bits per heavy atom. The van der Waals surface area contributed by atoms with E-state index in [1.54, 1.807) is 11.3 Å². The fourth-order valence-electron chi connectivity index (χ4n) is 3.25. The van der Waals surface area contributed by atoms with Gasteiger partial charge < -0.3 is 10.8 Å². The maximum atomic E-state index is 9.40. The molecule has 1 fully saturated rings. The molecular formula is C16H24N4OS. The quantitative estimate of drug-likeness (QED) is 0.909. The second-order valence-corrected chi connectivity index (χ2v) is 7.50. The highest BCUT2D eigenvalue weighted by molar-refractivity contribution is 7.18. The number of rotatable bonds is 3. The highest BCUT2D eigenvalue weighted by Gasteiger charge is 2.26. The van der Waals surface area contributed by atoms with Crippen LogP contribution in [0.1, 0.15) is 42.1 Å². The van der Waals surface area contributed by atoms with Gasteiger partial charge in [-0.3, -0.25) is 4.90 Å². The van der Waals surface area contributed by atoms with Crippen LogP contribution in [0.2, 0.25) is 0 Å². The number of aromatic nitrogens is 2. The van der Waals surface area contributed by atoms with Crippen LogP contribution in [0.4, 0.5) is 5.82 Å². The molecule has 2 aromatic rings. The predicted octanol–water partition coefficient (Wildman–Crippen LogP) is 2.66. The molecule has 6 heteroatoms. The summed E-state index contributed by atoms with van der Waals surface area (Å²) in [6.07, 6.45) is 2.22. The molecule has 2 aromatic heterocycles. The average molecular weight is 320 g/mol. The average Bonchev–Trinajstić information content (AvgIpc) is 2.81. The number of aliphatic hydroxyl groups is 1. The summed E-state index contributed by atoms with van der Waals surface area (Å²) in [6, 6.07) is 0.128. The number of aryl methyl sites for hydroxylation is 2. The third kappa shape index (κ3) is 2.71. The van der Waals surface area contributed by atoms with Gasteiger partial charge in [0, 0.05) is 18.0 Å². The lowest BCUT2D eigenvalue weighted by Gasteiger charge is -2.35. The van der Waals surface area contributed by atoms with E-state index >= 15 is 0 Å². The van der Waals surface area contributed by atoms with Crippen molar-refractivity contribution in [2.75, 3.05) is 25.4 Å². The first-order valence-corrected chi connectivity index (χ1v) is 8.71. The minimum atomic E-state index is 0.128. The molecule has 0 aliphatic carbocycles. The number of hydrogen-bond acceptors (Lipinski definition) is 6. The van der Waals surface area contributed by atoms with Crippen LogP contribution in [0.5, 0.6) is 0 Å². The summed E-state index contributed by atoms with van der Waals surface area (Å²) >= 11 is 1.69. The molecule has 22 heavy (non-hydrogen) atoms. The van der Waals surface area contributed by atoms with Crippen molar-refractivity contribution in [2.45, 2.75) is 39.7 Å². The van der Waals surface area contributed by atoms with Crippen molar-refractivity contribution >= 4 is 27.4 Å². The number of thiophene rings is 1. The molecule has 0 radical (unpaired) electrons. The van der Waals surface area contributed by atoms with Crippen LogP contribution >= 0.6 is 11.3 Å². The maximum absolute atomic E-state index is 9.40. The van der Waals surface area contributed by atoms with Crippen molar-refractivity contribution in [3.05, 3.63) is 16.3 Å². The van der Waals surface area contributed by atoms with Gasteiger partial charge in [-0.15, -0.1) is 11.3 Å². The largest absolute Gasteiger partial charge is 0.396 e. The van der Waals surface area contributed by atoms with Gasteiger partial charge in [-0.25, -0.2) is 9.97 Å². The molecular weight excluding hydrogens is 296 g/mol. The summed E-state index contributed by atoms with van der Waals surface area (Å²) in [6.45, 7) is 8.50. The molecule has 0 aromatic carbocycles. The minimum Gasteiger partial charge on any atom is -0.396 e. The standard InChI is InChI=1S/C16H24N4OS/c1-9-11(3)22-16-13(9)14(17)18-15(19-16)10(2)20-6-4-5-12(7-20)8-21/h10,12,21H,4-8H2,1-3H3,(H2,17,18,19). The number of fused-ring (bicyclic) bond motifs is 1. The van der Waals surface area contributed by atoms with Crippen LogP contribution in [-0.4, -0.2) is 39.7 Å². The molecule has 3 heterocycles. The molecule has 120 valence electrons. The Morgan fingerprint density at radius 1 is 1.41 bits per heavy atom. The smallest absolute Gasteiger partial charge is 0.149 e. The van der Waals surface area contributed by atoms with Gasteiger partial charge >= 0.3 is 0 Å². The van der Waals surface area contributed by atoms with E-state index < -0.39 is 0 Å². The summed E-state index contributed by atoms with van der Waals surface area (Å²) in [7, 11) is 0. The van der Waals surface area contributed by atoms with Crippen LogP contribution in [0.15, 0.2) is 0 Å². The van der Waals surface area contributed by atoms with Crippen LogP contribution in [0.25, 0.3) is 10.2 Å². The predicted molar refractivity (Wildman–Crippen MR) is 91.1 cm³/mol. The number of likely N-dealkylation sites (tertiary alicyclic amines) is 1. The van der Waals surface area contributed by atoms with Gasteiger partial charge in [0.05, 0.1) is 11.4 Å². The second-order valence-electron chi connectivity index (χ2n) is 6.29. The molecule has 0 spiro atoms.